The first kappa shape index (κ1) is 23.7. The van der Waals surface area contributed by atoms with Gasteiger partial charge in [0.1, 0.15) is 0 Å². The van der Waals surface area contributed by atoms with Crippen molar-refractivity contribution < 1.29 is 19.1 Å². The number of ether oxygens (including phenoxy) is 2. The number of hydrazine groups is 1. The second-order valence-corrected chi connectivity index (χ2v) is 8.69. The Bertz CT molecular complexity index is 1010. The summed E-state index contributed by atoms with van der Waals surface area (Å²) in [5.41, 5.74) is 3.70. The highest BCUT2D eigenvalue weighted by molar-refractivity contribution is 8.26. The summed E-state index contributed by atoms with van der Waals surface area (Å²) in [5, 5.41) is 1.08. The summed E-state index contributed by atoms with van der Waals surface area (Å²) in [6.07, 6.45) is 9.22. The Morgan fingerprint density at radius 1 is 1.19 bits per heavy atom. The molecular weight excluding hydrogens is 446 g/mol. The molecule has 32 heavy (non-hydrogen) atoms. The topological polar surface area (TPSA) is 80.8 Å². The Morgan fingerprint density at radius 2 is 1.97 bits per heavy atom. The average molecular weight is 472 g/mol. The lowest BCUT2D eigenvalue weighted by atomic mass is 10.2. The molecule has 2 aromatic rings. The number of thioether (sulfide) groups is 1. The first-order valence-corrected chi connectivity index (χ1v) is 11.6. The molecule has 0 atom stereocenters. The van der Waals surface area contributed by atoms with Crippen LogP contribution < -0.4 is 14.9 Å². The first-order valence-electron chi connectivity index (χ1n) is 10.3. The van der Waals surface area contributed by atoms with Crippen LogP contribution in [0.25, 0.3) is 6.08 Å². The van der Waals surface area contributed by atoms with E-state index in [0.717, 1.165) is 35.2 Å². The van der Waals surface area contributed by atoms with E-state index in [1.807, 2.05) is 18.2 Å². The fourth-order valence-corrected chi connectivity index (χ4v) is 4.17. The van der Waals surface area contributed by atoms with Gasteiger partial charge in [0, 0.05) is 18.0 Å². The Kier molecular flexibility index (Phi) is 8.64. The van der Waals surface area contributed by atoms with Crippen molar-refractivity contribution >= 4 is 46.2 Å². The number of carbonyl (C=O) groups excluding carboxylic acids is 2. The molecule has 1 aliphatic rings. The summed E-state index contributed by atoms with van der Waals surface area (Å²) >= 11 is 6.40. The summed E-state index contributed by atoms with van der Waals surface area (Å²) in [5.74, 6) is 0.429. The largest absolute Gasteiger partial charge is 0.493 e. The number of carbonyl (C=O) groups is 2. The van der Waals surface area contributed by atoms with Crippen molar-refractivity contribution in [2.75, 3.05) is 13.7 Å². The highest BCUT2D eigenvalue weighted by Crippen LogP contribution is 2.34. The van der Waals surface area contributed by atoms with Crippen molar-refractivity contribution in [3.8, 4) is 11.5 Å². The van der Waals surface area contributed by atoms with Crippen molar-refractivity contribution in [3.05, 3.63) is 58.8 Å². The lowest BCUT2D eigenvalue weighted by molar-refractivity contribution is -0.123. The van der Waals surface area contributed by atoms with Crippen LogP contribution in [0.2, 0.25) is 0 Å². The predicted octanol–water partition coefficient (Wildman–Crippen LogP) is 4.60. The SMILES string of the molecule is CCCCCCOc1ccc(/C=C2\SC(=S)N(NC(=O)c3ccncc3)C2=O)cc1OC. The molecule has 1 aromatic heterocycles. The smallest absolute Gasteiger partial charge is 0.285 e. The van der Waals surface area contributed by atoms with Crippen LogP contribution in [-0.2, 0) is 4.79 Å². The van der Waals surface area contributed by atoms with Gasteiger partial charge in [-0.2, -0.15) is 5.01 Å². The van der Waals surface area contributed by atoms with Crippen LogP contribution in [0, 0.1) is 0 Å². The van der Waals surface area contributed by atoms with Gasteiger partial charge in [0.15, 0.2) is 15.8 Å². The highest BCUT2D eigenvalue weighted by Gasteiger charge is 2.33. The summed E-state index contributed by atoms with van der Waals surface area (Å²) in [6.45, 7) is 2.80. The Labute approximate surface area is 197 Å². The van der Waals surface area contributed by atoms with Gasteiger partial charge in [0.2, 0.25) is 0 Å². The second-order valence-electron chi connectivity index (χ2n) is 7.01. The van der Waals surface area contributed by atoms with Gasteiger partial charge >= 0.3 is 0 Å². The Morgan fingerprint density at radius 3 is 2.69 bits per heavy atom. The molecule has 0 aliphatic carbocycles. The van der Waals surface area contributed by atoms with Crippen LogP contribution >= 0.6 is 24.0 Å². The number of pyridine rings is 1. The number of hydrogen-bond acceptors (Lipinski definition) is 7. The zero-order valence-electron chi connectivity index (χ0n) is 18.0. The third-order valence-corrected chi connectivity index (χ3v) is 5.99. The number of nitrogens with zero attached hydrogens (tertiary/aromatic N) is 2. The van der Waals surface area contributed by atoms with Crippen LogP contribution in [0.5, 0.6) is 11.5 Å². The molecule has 7 nitrogen and oxygen atoms in total. The van der Waals surface area contributed by atoms with E-state index >= 15 is 0 Å². The fraction of sp³-hybridized carbons (Fsp3) is 0.304. The minimum Gasteiger partial charge on any atom is -0.493 e. The first-order chi connectivity index (χ1) is 15.5. The van der Waals surface area contributed by atoms with Crippen LogP contribution in [0.3, 0.4) is 0 Å². The molecule has 0 radical (unpaired) electrons. The number of nitrogens with one attached hydrogen (secondary N) is 1. The van der Waals surface area contributed by atoms with Gasteiger partial charge in [-0.15, -0.1) is 0 Å². The third kappa shape index (κ3) is 6.08. The van der Waals surface area contributed by atoms with Crippen LogP contribution in [-0.4, -0.2) is 39.8 Å². The molecule has 0 saturated carbocycles. The molecular formula is C23H25N3O4S2. The summed E-state index contributed by atoms with van der Waals surface area (Å²) < 4.78 is 11.5. The van der Waals surface area contributed by atoms with Gasteiger partial charge in [-0.25, -0.2) is 0 Å². The molecule has 2 heterocycles. The van der Waals surface area contributed by atoms with Gasteiger partial charge in [-0.05, 0) is 54.5 Å². The number of unbranched alkanes of at least 4 members (excludes halogenated alkanes) is 3. The van der Waals surface area contributed by atoms with E-state index < -0.39 is 11.8 Å². The van der Waals surface area contributed by atoms with Crippen molar-refractivity contribution in [2.24, 2.45) is 0 Å². The second kappa shape index (κ2) is 11.6. The molecule has 0 bridgehead atoms. The predicted molar refractivity (Wildman–Crippen MR) is 129 cm³/mol. The molecule has 1 saturated heterocycles. The van der Waals surface area contributed by atoms with E-state index in [2.05, 4.69) is 17.3 Å². The number of thiocarbonyl (C=S) groups is 1. The van der Waals surface area contributed by atoms with Crippen LogP contribution in [0.4, 0.5) is 0 Å². The number of aromatic nitrogens is 1. The number of hydrogen-bond donors (Lipinski definition) is 1. The normalized spacial score (nSPS) is 14.7. The number of rotatable bonds is 10. The molecule has 1 N–H and O–H groups in total. The quantitative estimate of drug-likeness (QED) is 0.308. The lowest BCUT2D eigenvalue weighted by Gasteiger charge is -2.15. The number of benzene rings is 1. The molecule has 1 fully saturated rings. The third-order valence-electron chi connectivity index (χ3n) is 4.69. The summed E-state index contributed by atoms with van der Waals surface area (Å²) in [4.78, 5) is 29.5. The maximum absolute atomic E-state index is 12.8. The van der Waals surface area contributed by atoms with Crippen LogP contribution in [0.1, 0.15) is 48.5 Å². The molecule has 1 aliphatic heterocycles. The molecule has 2 amide bonds. The molecule has 1 aromatic carbocycles. The van der Waals surface area contributed by atoms with E-state index in [0.29, 0.717) is 28.6 Å². The Balaban J connectivity index is 1.67. The van der Waals surface area contributed by atoms with E-state index in [4.69, 9.17) is 21.7 Å². The molecule has 0 unspecified atom stereocenters. The average Bonchev–Trinajstić information content (AvgIpc) is 3.07. The standard InChI is InChI=1S/C23H25N3O4S2/c1-3-4-5-6-13-30-18-8-7-16(14-19(18)29-2)15-20-22(28)26(23(31)32-20)25-21(27)17-9-11-24-12-10-17/h7-12,14-15H,3-6,13H2,1-2H3,(H,25,27)/b20-15-. The zero-order chi connectivity index (χ0) is 22.9. The van der Waals surface area contributed by atoms with Crippen molar-refractivity contribution in [2.45, 2.75) is 32.6 Å². The fourth-order valence-electron chi connectivity index (χ4n) is 2.99. The zero-order valence-corrected chi connectivity index (χ0v) is 19.6. The summed E-state index contributed by atoms with van der Waals surface area (Å²) in [7, 11) is 1.58. The van der Waals surface area contributed by atoms with Gasteiger partial charge in [0.05, 0.1) is 18.6 Å². The molecule has 0 spiro atoms. The van der Waals surface area contributed by atoms with Crippen molar-refractivity contribution in [1.82, 2.24) is 15.4 Å². The van der Waals surface area contributed by atoms with Crippen LogP contribution in [0.15, 0.2) is 47.6 Å². The minimum atomic E-state index is -0.438. The summed E-state index contributed by atoms with van der Waals surface area (Å²) in [6, 6.07) is 8.61. The number of methoxy groups -OCH3 is 1. The molecule has 3 rings (SSSR count). The van der Waals surface area contributed by atoms with Gasteiger partial charge in [0.25, 0.3) is 11.8 Å². The van der Waals surface area contributed by atoms with Crippen molar-refractivity contribution in [1.29, 1.82) is 0 Å². The van der Waals surface area contributed by atoms with E-state index in [1.165, 1.54) is 25.2 Å². The van der Waals surface area contributed by atoms with Gasteiger partial charge in [-0.3, -0.25) is 20.0 Å². The van der Waals surface area contributed by atoms with E-state index in [9.17, 15) is 9.59 Å². The van der Waals surface area contributed by atoms with E-state index in [1.54, 1.807) is 25.3 Å². The van der Waals surface area contributed by atoms with E-state index in [-0.39, 0.29) is 4.32 Å². The van der Waals surface area contributed by atoms with Crippen molar-refractivity contribution in [3.63, 3.8) is 0 Å². The molecule has 168 valence electrons. The number of amides is 2. The molecule has 9 heteroatoms. The highest BCUT2D eigenvalue weighted by atomic mass is 32.2. The van der Waals surface area contributed by atoms with Gasteiger partial charge in [-0.1, -0.05) is 44.0 Å². The van der Waals surface area contributed by atoms with Gasteiger partial charge < -0.3 is 9.47 Å². The lowest BCUT2D eigenvalue weighted by Crippen LogP contribution is -2.44. The minimum absolute atomic E-state index is 0.252. The monoisotopic (exact) mass is 471 g/mol. The Hall–Kier alpha value is -2.91. The maximum atomic E-state index is 12.8. The maximum Gasteiger partial charge on any atom is 0.285 e.